The van der Waals surface area contributed by atoms with Gasteiger partial charge in [0, 0.05) is 5.69 Å². The smallest absolute Gasteiger partial charge is 0.178 e. The van der Waals surface area contributed by atoms with Gasteiger partial charge in [-0.2, -0.15) is 5.10 Å². The zero-order valence-corrected chi connectivity index (χ0v) is 9.74. The summed E-state index contributed by atoms with van der Waals surface area (Å²) in [6, 6.07) is 4.34. The van der Waals surface area contributed by atoms with Crippen molar-refractivity contribution in [3.63, 3.8) is 0 Å². The second-order valence-electron chi connectivity index (χ2n) is 3.61. The first-order valence-corrected chi connectivity index (χ1v) is 5.48. The molecule has 0 atom stereocenters. The molecular formula is C11H7ClFN5. The van der Waals surface area contributed by atoms with Crippen LogP contribution in [0.4, 0.5) is 15.9 Å². The molecule has 3 aromatic rings. The lowest BCUT2D eigenvalue weighted by molar-refractivity contribution is 0.628. The molecule has 2 N–H and O–H groups in total. The number of hydrogen-bond donors (Lipinski definition) is 2. The monoisotopic (exact) mass is 263 g/mol. The second-order valence-corrected chi connectivity index (χ2v) is 4.02. The van der Waals surface area contributed by atoms with Crippen LogP contribution in [0, 0.1) is 5.82 Å². The fraction of sp³-hybridized carbons (Fsp3) is 0. The summed E-state index contributed by atoms with van der Waals surface area (Å²) in [4.78, 5) is 7.98. The number of nitrogens with one attached hydrogen (secondary N) is 2. The first-order chi connectivity index (χ1) is 8.74. The van der Waals surface area contributed by atoms with Crippen LogP contribution in [0.3, 0.4) is 0 Å². The van der Waals surface area contributed by atoms with Crippen molar-refractivity contribution in [2.24, 2.45) is 0 Å². The number of halogens is 2. The van der Waals surface area contributed by atoms with Gasteiger partial charge in [0.1, 0.15) is 23.2 Å². The zero-order chi connectivity index (χ0) is 12.5. The Morgan fingerprint density at radius 3 is 3.06 bits per heavy atom. The molecule has 18 heavy (non-hydrogen) atoms. The zero-order valence-electron chi connectivity index (χ0n) is 8.98. The highest BCUT2D eigenvalue weighted by molar-refractivity contribution is 6.31. The van der Waals surface area contributed by atoms with Crippen LogP contribution in [0.15, 0.2) is 30.7 Å². The van der Waals surface area contributed by atoms with E-state index in [0.717, 1.165) is 0 Å². The van der Waals surface area contributed by atoms with Crippen LogP contribution >= 0.6 is 11.6 Å². The molecule has 0 aliphatic heterocycles. The van der Waals surface area contributed by atoms with Gasteiger partial charge in [0.25, 0.3) is 0 Å². The van der Waals surface area contributed by atoms with Crippen LogP contribution in [-0.2, 0) is 0 Å². The number of aromatic nitrogens is 4. The summed E-state index contributed by atoms with van der Waals surface area (Å²) in [5.41, 5.74) is 2.01. The summed E-state index contributed by atoms with van der Waals surface area (Å²) >= 11 is 5.70. The van der Waals surface area contributed by atoms with Crippen molar-refractivity contribution in [2.45, 2.75) is 0 Å². The number of rotatable bonds is 2. The third kappa shape index (κ3) is 1.86. The highest BCUT2D eigenvalue weighted by Crippen LogP contribution is 2.24. The molecule has 0 saturated heterocycles. The van der Waals surface area contributed by atoms with Crippen molar-refractivity contribution in [2.75, 3.05) is 5.32 Å². The largest absolute Gasteiger partial charge is 0.337 e. The Morgan fingerprint density at radius 2 is 2.22 bits per heavy atom. The van der Waals surface area contributed by atoms with E-state index in [2.05, 4.69) is 25.5 Å². The standard InChI is InChI=1S/C11H7ClFN5/c12-7-3-6(1-2-8(7)13)16-11-10-9(17-18-11)4-14-5-15-10/h1-5H,(H2,16,17,18). The van der Waals surface area contributed by atoms with E-state index in [1.807, 2.05) is 0 Å². The molecule has 1 aromatic carbocycles. The van der Waals surface area contributed by atoms with Gasteiger partial charge in [0.05, 0.1) is 11.2 Å². The van der Waals surface area contributed by atoms with E-state index < -0.39 is 5.82 Å². The number of nitrogens with zero attached hydrogens (tertiary/aromatic N) is 3. The van der Waals surface area contributed by atoms with Crippen LogP contribution in [0.2, 0.25) is 5.02 Å². The summed E-state index contributed by atoms with van der Waals surface area (Å²) in [5, 5.41) is 9.92. The Balaban J connectivity index is 1.98. The predicted octanol–water partition coefficient (Wildman–Crippen LogP) is 2.89. The molecule has 90 valence electrons. The second kappa shape index (κ2) is 4.23. The molecule has 2 heterocycles. The molecule has 3 rings (SSSR count). The third-order valence-corrected chi connectivity index (χ3v) is 2.70. The van der Waals surface area contributed by atoms with E-state index >= 15 is 0 Å². The third-order valence-electron chi connectivity index (χ3n) is 2.41. The first-order valence-electron chi connectivity index (χ1n) is 5.10. The molecular weight excluding hydrogens is 257 g/mol. The van der Waals surface area contributed by atoms with Crippen molar-refractivity contribution >= 4 is 34.1 Å². The van der Waals surface area contributed by atoms with Gasteiger partial charge in [-0.15, -0.1) is 0 Å². The molecule has 0 aliphatic rings. The minimum Gasteiger partial charge on any atom is -0.337 e. The van der Waals surface area contributed by atoms with Crippen molar-refractivity contribution in [3.05, 3.63) is 41.6 Å². The summed E-state index contributed by atoms with van der Waals surface area (Å²) in [6.45, 7) is 0. The number of H-pyrrole nitrogens is 1. The molecule has 0 bridgehead atoms. The van der Waals surface area contributed by atoms with Gasteiger partial charge in [0.2, 0.25) is 0 Å². The molecule has 7 heteroatoms. The van der Waals surface area contributed by atoms with E-state index in [-0.39, 0.29) is 5.02 Å². The molecule has 0 saturated carbocycles. The maximum absolute atomic E-state index is 13.0. The SMILES string of the molecule is Fc1ccc(Nc2n[nH]c3cncnc23)cc1Cl. The normalized spacial score (nSPS) is 10.8. The molecule has 2 aromatic heterocycles. The Kier molecular flexibility index (Phi) is 2.56. The Hall–Kier alpha value is -2.21. The van der Waals surface area contributed by atoms with Gasteiger partial charge in [-0.3, -0.25) is 5.10 Å². The fourth-order valence-electron chi connectivity index (χ4n) is 1.57. The van der Waals surface area contributed by atoms with Crippen LogP contribution in [0.1, 0.15) is 0 Å². The van der Waals surface area contributed by atoms with Crippen LogP contribution in [0.25, 0.3) is 11.0 Å². The predicted molar refractivity (Wildman–Crippen MR) is 66.4 cm³/mol. The van der Waals surface area contributed by atoms with Crippen molar-refractivity contribution in [1.82, 2.24) is 20.2 Å². The maximum Gasteiger partial charge on any atom is 0.178 e. The number of aromatic amines is 1. The maximum atomic E-state index is 13.0. The lowest BCUT2D eigenvalue weighted by Gasteiger charge is -2.03. The van der Waals surface area contributed by atoms with Crippen molar-refractivity contribution in [1.29, 1.82) is 0 Å². The van der Waals surface area contributed by atoms with E-state index in [1.165, 1.54) is 18.5 Å². The van der Waals surface area contributed by atoms with E-state index in [1.54, 1.807) is 12.3 Å². The number of fused-ring (bicyclic) bond motifs is 1. The minimum absolute atomic E-state index is 0.0504. The van der Waals surface area contributed by atoms with E-state index in [4.69, 9.17) is 11.6 Å². The summed E-state index contributed by atoms with van der Waals surface area (Å²) in [6.07, 6.45) is 3.05. The lowest BCUT2D eigenvalue weighted by atomic mass is 10.3. The fourth-order valence-corrected chi connectivity index (χ4v) is 1.75. The van der Waals surface area contributed by atoms with Gasteiger partial charge < -0.3 is 5.32 Å². The van der Waals surface area contributed by atoms with Crippen molar-refractivity contribution in [3.8, 4) is 0 Å². The quantitative estimate of drug-likeness (QED) is 0.746. The number of anilines is 2. The van der Waals surface area contributed by atoms with Gasteiger partial charge in [0.15, 0.2) is 5.82 Å². The lowest BCUT2D eigenvalue weighted by Crippen LogP contribution is -1.92. The average molecular weight is 264 g/mol. The topological polar surface area (TPSA) is 66.5 Å². The molecule has 0 spiro atoms. The molecule has 0 fully saturated rings. The first kappa shape index (κ1) is 10.9. The van der Waals surface area contributed by atoms with E-state index in [0.29, 0.717) is 22.5 Å². The molecule has 0 amide bonds. The van der Waals surface area contributed by atoms with Crippen LogP contribution in [0.5, 0.6) is 0 Å². The highest BCUT2D eigenvalue weighted by atomic mass is 35.5. The summed E-state index contributed by atoms with van der Waals surface area (Å²) < 4.78 is 13.0. The average Bonchev–Trinajstić information content (AvgIpc) is 2.78. The van der Waals surface area contributed by atoms with Crippen molar-refractivity contribution < 1.29 is 4.39 Å². The molecule has 0 radical (unpaired) electrons. The molecule has 0 unspecified atom stereocenters. The van der Waals surface area contributed by atoms with Gasteiger partial charge in [-0.25, -0.2) is 14.4 Å². The summed E-state index contributed by atoms with van der Waals surface area (Å²) in [7, 11) is 0. The Morgan fingerprint density at radius 1 is 1.33 bits per heavy atom. The number of hydrogen-bond acceptors (Lipinski definition) is 4. The highest BCUT2D eigenvalue weighted by Gasteiger charge is 2.08. The van der Waals surface area contributed by atoms with Gasteiger partial charge in [-0.05, 0) is 18.2 Å². The Labute approximate surface area is 106 Å². The van der Waals surface area contributed by atoms with Crippen LogP contribution in [-0.4, -0.2) is 20.2 Å². The van der Waals surface area contributed by atoms with Gasteiger partial charge >= 0.3 is 0 Å². The Bertz CT molecular complexity index is 711. The van der Waals surface area contributed by atoms with Gasteiger partial charge in [-0.1, -0.05) is 11.6 Å². The van der Waals surface area contributed by atoms with E-state index in [9.17, 15) is 4.39 Å². The number of benzene rings is 1. The summed E-state index contributed by atoms with van der Waals surface area (Å²) in [5.74, 6) is 0.0755. The minimum atomic E-state index is -0.462. The molecule has 5 nitrogen and oxygen atoms in total. The molecule has 0 aliphatic carbocycles. The van der Waals surface area contributed by atoms with Crippen LogP contribution < -0.4 is 5.32 Å².